The summed E-state index contributed by atoms with van der Waals surface area (Å²) >= 11 is 0. The molecule has 6 rings (SSSR count). The molecule has 8 heteroatoms. The summed E-state index contributed by atoms with van der Waals surface area (Å²) in [5.41, 5.74) is 2.50. The Morgan fingerprint density at radius 3 is 2.58 bits per heavy atom. The molecular formula is C28H22N6O2. The van der Waals surface area contributed by atoms with E-state index in [-0.39, 0.29) is 11.5 Å². The van der Waals surface area contributed by atoms with Crippen molar-refractivity contribution in [2.45, 2.75) is 19.9 Å². The van der Waals surface area contributed by atoms with Gasteiger partial charge in [-0.25, -0.2) is 14.5 Å². The maximum Gasteiger partial charge on any atom is 0.266 e. The molecule has 1 N–H and O–H groups in total. The summed E-state index contributed by atoms with van der Waals surface area (Å²) in [7, 11) is 0. The van der Waals surface area contributed by atoms with E-state index in [9.17, 15) is 9.59 Å². The van der Waals surface area contributed by atoms with Gasteiger partial charge in [0, 0.05) is 12.4 Å². The number of rotatable bonds is 4. The molecule has 0 saturated carbocycles. The number of aromatic nitrogens is 5. The van der Waals surface area contributed by atoms with Crippen molar-refractivity contribution in [1.82, 2.24) is 29.5 Å². The SMILES string of the molecule is Cc1nn2cccnc2c1C(=O)N[C@H](C)c1nc2ccc3ccccc3c2c(=O)n1-c1ccccc1. The summed E-state index contributed by atoms with van der Waals surface area (Å²) in [5, 5.41) is 9.75. The fraction of sp³-hybridized carbons (Fsp3) is 0.107. The molecule has 0 aliphatic rings. The van der Waals surface area contributed by atoms with E-state index in [1.54, 1.807) is 34.5 Å². The minimum absolute atomic E-state index is 0.187. The Morgan fingerprint density at radius 2 is 1.75 bits per heavy atom. The van der Waals surface area contributed by atoms with Crippen LogP contribution in [0.25, 0.3) is 33.0 Å². The third-order valence-electron chi connectivity index (χ3n) is 6.33. The van der Waals surface area contributed by atoms with E-state index in [0.29, 0.717) is 39.3 Å². The third kappa shape index (κ3) is 3.42. The molecule has 0 aliphatic heterocycles. The zero-order chi connectivity index (χ0) is 24.8. The number of nitrogens with one attached hydrogen (secondary N) is 1. The summed E-state index contributed by atoms with van der Waals surface area (Å²) in [6.07, 6.45) is 3.37. The Bertz CT molecular complexity index is 1840. The Morgan fingerprint density at radius 1 is 0.972 bits per heavy atom. The number of carbonyl (C=O) groups excluding carboxylic acids is 1. The Kier molecular flexibility index (Phi) is 5.07. The molecule has 36 heavy (non-hydrogen) atoms. The van der Waals surface area contributed by atoms with Crippen molar-refractivity contribution in [2.24, 2.45) is 0 Å². The summed E-state index contributed by atoms with van der Waals surface area (Å²) in [4.78, 5) is 36.6. The number of hydrogen-bond donors (Lipinski definition) is 1. The van der Waals surface area contributed by atoms with Crippen LogP contribution in [0.1, 0.15) is 34.8 Å². The van der Waals surface area contributed by atoms with Crippen molar-refractivity contribution in [1.29, 1.82) is 0 Å². The summed E-state index contributed by atoms with van der Waals surface area (Å²) in [6, 6.07) is 22.1. The van der Waals surface area contributed by atoms with Gasteiger partial charge in [-0.15, -0.1) is 0 Å². The molecule has 0 bridgehead atoms. The van der Waals surface area contributed by atoms with Gasteiger partial charge in [0.15, 0.2) is 5.65 Å². The number of carbonyl (C=O) groups is 1. The van der Waals surface area contributed by atoms with Crippen LogP contribution in [0, 0.1) is 6.92 Å². The third-order valence-corrected chi connectivity index (χ3v) is 6.33. The average Bonchev–Trinajstić information content (AvgIpc) is 3.24. The first-order chi connectivity index (χ1) is 17.5. The van der Waals surface area contributed by atoms with Gasteiger partial charge in [0.25, 0.3) is 11.5 Å². The monoisotopic (exact) mass is 474 g/mol. The largest absolute Gasteiger partial charge is 0.342 e. The standard InChI is InChI=1S/C28H22N6O2/c1-17-23(26-29-15-8-16-33(26)32-17)27(35)30-18(2)25-31-22-14-13-19-9-6-7-12-21(19)24(22)28(36)34(25)20-10-4-3-5-11-20/h3-16,18H,1-2H3,(H,30,35)/t18-/m1/s1. The van der Waals surface area contributed by atoms with Gasteiger partial charge in [-0.3, -0.25) is 14.2 Å². The van der Waals surface area contributed by atoms with E-state index in [2.05, 4.69) is 15.4 Å². The van der Waals surface area contributed by atoms with Crippen LogP contribution in [-0.2, 0) is 0 Å². The molecule has 0 radical (unpaired) electrons. The summed E-state index contributed by atoms with van der Waals surface area (Å²) in [6.45, 7) is 3.59. The van der Waals surface area contributed by atoms with E-state index in [4.69, 9.17) is 4.98 Å². The molecular weight excluding hydrogens is 452 g/mol. The van der Waals surface area contributed by atoms with E-state index >= 15 is 0 Å². The van der Waals surface area contributed by atoms with Crippen LogP contribution in [-0.4, -0.2) is 30.1 Å². The number of aryl methyl sites for hydroxylation is 1. The Labute approximate surface area is 205 Å². The van der Waals surface area contributed by atoms with Crippen molar-refractivity contribution >= 4 is 33.2 Å². The maximum atomic E-state index is 14.0. The van der Waals surface area contributed by atoms with Gasteiger partial charge in [0.1, 0.15) is 11.4 Å². The first-order valence-corrected chi connectivity index (χ1v) is 11.6. The van der Waals surface area contributed by atoms with Gasteiger partial charge < -0.3 is 5.32 Å². The smallest absolute Gasteiger partial charge is 0.266 e. The van der Waals surface area contributed by atoms with Crippen LogP contribution in [0.5, 0.6) is 0 Å². The van der Waals surface area contributed by atoms with Crippen LogP contribution < -0.4 is 10.9 Å². The Balaban J connectivity index is 1.52. The highest BCUT2D eigenvalue weighted by molar-refractivity contribution is 6.05. The van der Waals surface area contributed by atoms with Crippen molar-refractivity contribution in [3.8, 4) is 5.69 Å². The fourth-order valence-corrected chi connectivity index (χ4v) is 4.68. The number of amides is 1. The van der Waals surface area contributed by atoms with Crippen molar-refractivity contribution < 1.29 is 4.79 Å². The lowest BCUT2D eigenvalue weighted by atomic mass is 10.1. The fourth-order valence-electron chi connectivity index (χ4n) is 4.68. The van der Waals surface area contributed by atoms with Gasteiger partial charge in [-0.1, -0.05) is 48.5 Å². The van der Waals surface area contributed by atoms with Crippen LogP contribution >= 0.6 is 0 Å². The molecule has 0 fully saturated rings. The number of para-hydroxylation sites is 1. The minimum Gasteiger partial charge on any atom is -0.342 e. The summed E-state index contributed by atoms with van der Waals surface area (Å²) < 4.78 is 3.16. The predicted octanol–water partition coefficient (Wildman–Crippen LogP) is 4.38. The highest BCUT2D eigenvalue weighted by atomic mass is 16.2. The first-order valence-electron chi connectivity index (χ1n) is 11.6. The van der Waals surface area contributed by atoms with E-state index < -0.39 is 6.04 Å². The molecule has 0 unspecified atom stereocenters. The van der Waals surface area contributed by atoms with Gasteiger partial charge in [-0.05, 0) is 48.9 Å². The molecule has 3 aromatic carbocycles. The van der Waals surface area contributed by atoms with E-state index in [0.717, 1.165) is 10.8 Å². The van der Waals surface area contributed by atoms with Gasteiger partial charge in [-0.2, -0.15) is 5.10 Å². The minimum atomic E-state index is -0.584. The van der Waals surface area contributed by atoms with E-state index in [1.165, 1.54) is 0 Å². The molecule has 8 nitrogen and oxygen atoms in total. The molecule has 6 aromatic rings. The van der Waals surface area contributed by atoms with Crippen molar-refractivity contribution in [2.75, 3.05) is 0 Å². The molecule has 1 atom stereocenters. The van der Waals surface area contributed by atoms with Gasteiger partial charge >= 0.3 is 0 Å². The topological polar surface area (TPSA) is 94.2 Å². The first kappa shape index (κ1) is 21.7. The zero-order valence-corrected chi connectivity index (χ0v) is 19.7. The lowest BCUT2D eigenvalue weighted by Gasteiger charge is -2.20. The van der Waals surface area contributed by atoms with Crippen molar-refractivity contribution in [3.05, 3.63) is 113 Å². The molecule has 0 spiro atoms. The normalized spacial score (nSPS) is 12.3. The lowest BCUT2D eigenvalue weighted by Crippen LogP contribution is -2.33. The second-order valence-electron chi connectivity index (χ2n) is 8.67. The number of hydrogen-bond acceptors (Lipinski definition) is 5. The van der Waals surface area contributed by atoms with E-state index in [1.807, 2.05) is 73.7 Å². The molecule has 3 heterocycles. The lowest BCUT2D eigenvalue weighted by molar-refractivity contribution is 0.0938. The van der Waals surface area contributed by atoms with Crippen LogP contribution in [0.3, 0.4) is 0 Å². The highest BCUT2D eigenvalue weighted by Crippen LogP contribution is 2.25. The molecule has 1 amide bonds. The number of benzene rings is 3. The van der Waals surface area contributed by atoms with Crippen molar-refractivity contribution in [3.63, 3.8) is 0 Å². The molecule has 0 aliphatic carbocycles. The van der Waals surface area contributed by atoms with Gasteiger partial charge in [0.05, 0.1) is 28.3 Å². The maximum absolute atomic E-state index is 14.0. The molecule has 0 saturated heterocycles. The summed E-state index contributed by atoms with van der Waals surface area (Å²) in [5.74, 6) is 0.102. The van der Waals surface area contributed by atoms with Gasteiger partial charge in [0.2, 0.25) is 0 Å². The van der Waals surface area contributed by atoms with Crippen LogP contribution in [0.4, 0.5) is 0 Å². The number of fused-ring (bicyclic) bond motifs is 4. The number of nitrogens with zero attached hydrogens (tertiary/aromatic N) is 5. The van der Waals surface area contributed by atoms with Crippen LogP contribution in [0.2, 0.25) is 0 Å². The predicted molar refractivity (Wildman–Crippen MR) is 138 cm³/mol. The highest BCUT2D eigenvalue weighted by Gasteiger charge is 2.24. The zero-order valence-electron chi connectivity index (χ0n) is 19.7. The van der Waals surface area contributed by atoms with Crippen LogP contribution in [0.15, 0.2) is 90.0 Å². The average molecular weight is 475 g/mol. The molecule has 176 valence electrons. The molecule has 3 aromatic heterocycles. The second-order valence-corrected chi connectivity index (χ2v) is 8.67. The quantitative estimate of drug-likeness (QED) is 0.383. The Hall–Kier alpha value is -4.85. The second kappa shape index (κ2) is 8.42.